The average molecular weight is 320 g/mol. The van der Waals surface area contributed by atoms with Crippen molar-refractivity contribution in [3.05, 3.63) is 64.8 Å². The van der Waals surface area contributed by atoms with Gasteiger partial charge in [-0.2, -0.15) is 0 Å². The Balaban J connectivity index is 1.49. The molecule has 1 aliphatic carbocycles. The van der Waals surface area contributed by atoms with Crippen LogP contribution in [-0.4, -0.2) is 16.6 Å². The Bertz CT molecular complexity index is 848. The minimum absolute atomic E-state index is 0.331. The lowest BCUT2D eigenvalue weighted by molar-refractivity contribution is 0.456. The minimum Gasteiger partial charge on any atom is -0.508 e. The highest BCUT2D eigenvalue weighted by molar-refractivity contribution is 5.85. The number of rotatable bonds is 4. The van der Waals surface area contributed by atoms with Crippen molar-refractivity contribution >= 4 is 10.9 Å². The molecule has 0 spiro atoms. The summed E-state index contributed by atoms with van der Waals surface area (Å²) in [5, 5.41) is 14.5. The smallest absolute Gasteiger partial charge is 0.115 e. The molecule has 3 N–H and O–H groups in total. The molecule has 124 valence electrons. The first-order chi connectivity index (χ1) is 11.7. The van der Waals surface area contributed by atoms with E-state index in [1.165, 1.54) is 52.5 Å². The Labute approximate surface area is 142 Å². The first kappa shape index (κ1) is 15.3. The Morgan fingerprint density at radius 1 is 1.17 bits per heavy atom. The number of phenolic OH excluding ortho intramolecular Hbond substituents is 1. The number of hydrogen-bond donors (Lipinski definition) is 3. The molecular weight excluding hydrogens is 296 g/mol. The number of benzene rings is 2. The maximum atomic E-state index is 9.36. The molecule has 0 aliphatic heterocycles. The van der Waals surface area contributed by atoms with Crippen molar-refractivity contribution in [2.45, 2.75) is 38.6 Å². The van der Waals surface area contributed by atoms with Gasteiger partial charge in [-0.3, -0.25) is 0 Å². The minimum atomic E-state index is 0.331. The van der Waals surface area contributed by atoms with E-state index in [0.717, 1.165) is 13.0 Å². The summed E-state index contributed by atoms with van der Waals surface area (Å²) in [6, 6.07) is 14.6. The van der Waals surface area contributed by atoms with Crippen molar-refractivity contribution in [3.8, 4) is 5.75 Å². The van der Waals surface area contributed by atoms with Crippen LogP contribution in [0.1, 0.15) is 41.3 Å². The van der Waals surface area contributed by atoms with Crippen LogP contribution in [0.25, 0.3) is 10.9 Å². The lowest BCUT2D eigenvalue weighted by Gasteiger charge is -2.24. The molecule has 0 saturated heterocycles. The highest BCUT2D eigenvalue weighted by Gasteiger charge is 2.23. The zero-order valence-corrected chi connectivity index (χ0v) is 14.1. The van der Waals surface area contributed by atoms with E-state index in [1.54, 1.807) is 12.1 Å². The number of hydrogen-bond acceptors (Lipinski definition) is 2. The molecule has 4 rings (SSSR count). The Hall–Kier alpha value is -2.26. The van der Waals surface area contributed by atoms with Crippen molar-refractivity contribution in [3.63, 3.8) is 0 Å². The lowest BCUT2D eigenvalue weighted by Crippen LogP contribution is -2.27. The fourth-order valence-corrected chi connectivity index (χ4v) is 3.83. The molecule has 3 nitrogen and oxygen atoms in total. The summed E-state index contributed by atoms with van der Waals surface area (Å²) in [5.41, 5.74) is 6.72. The van der Waals surface area contributed by atoms with Gasteiger partial charge in [-0.15, -0.1) is 0 Å². The first-order valence-corrected chi connectivity index (χ1v) is 8.83. The zero-order valence-electron chi connectivity index (χ0n) is 14.1. The molecule has 1 aliphatic rings. The molecule has 24 heavy (non-hydrogen) atoms. The third kappa shape index (κ3) is 2.92. The van der Waals surface area contributed by atoms with Gasteiger partial charge in [0.15, 0.2) is 0 Å². The van der Waals surface area contributed by atoms with E-state index in [4.69, 9.17) is 0 Å². The number of aromatic nitrogens is 1. The van der Waals surface area contributed by atoms with Crippen LogP contribution in [0, 0.1) is 6.92 Å². The molecule has 2 aromatic carbocycles. The van der Waals surface area contributed by atoms with Crippen LogP contribution in [0.2, 0.25) is 0 Å². The monoisotopic (exact) mass is 320 g/mol. The van der Waals surface area contributed by atoms with Crippen molar-refractivity contribution in [1.29, 1.82) is 0 Å². The van der Waals surface area contributed by atoms with Gasteiger partial charge in [0.25, 0.3) is 0 Å². The maximum absolute atomic E-state index is 9.36. The largest absolute Gasteiger partial charge is 0.508 e. The van der Waals surface area contributed by atoms with E-state index in [0.29, 0.717) is 11.8 Å². The molecule has 1 unspecified atom stereocenters. The second-order valence-electron chi connectivity index (χ2n) is 6.88. The summed E-state index contributed by atoms with van der Waals surface area (Å²) < 4.78 is 0. The Morgan fingerprint density at radius 3 is 2.83 bits per heavy atom. The molecule has 0 amide bonds. The summed E-state index contributed by atoms with van der Waals surface area (Å²) in [5.74, 6) is 0.331. The summed E-state index contributed by atoms with van der Waals surface area (Å²) in [7, 11) is 0. The normalized spacial score (nSPS) is 17.1. The molecule has 3 heteroatoms. The molecule has 0 saturated carbocycles. The number of fused-ring (bicyclic) bond motifs is 3. The first-order valence-electron chi connectivity index (χ1n) is 8.83. The molecular formula is C21H24N2O. The van der Waals surface area contributed by atoms with Gasteiger partial charge in [-0.1, -0.05) is 23.8 Å². The molecule has 3 aromatic rings. The van der Waals surface area contributed by atoms with E-state index in [2.05, 4.69) is 35.4 Å². The fourth-order valence-electron chi connectivity index (χ4n) is 3.83. The topological polar surface area (TPSA) is 48.0 Å². The predicted molar refractivity (Wildman–Crippen MR) is 98.5 cm³/mol. The third-order valence-corrected chi connectivity index (χ3v) is 5.10. The Kier molecular flexibility index (Phi) is 4.03. The summed E-state index contributed by atoms with van der Waals surface area (Å²) >= 11 is 0. The van der Waals surface area contributed by atoms with Crippen LogP contribution in [0.15, 0.2) is 42.5 Å². The van der Waals surface area contributed by atoms with Gasteiger partial charge >= 0.3 is 0 Å². The van der Waals surface area contributed by atoms with Crippen LogP contribution in [0.4, 0.5) is 0 Å². The second kappa shape index (κ2) is 6.33. The molecule has 0 bridgehead atoms. The van der Waals surface area contributed by atoms with E-state index in [1.807, 2.05) is 12.1 Å². The molecule has 1 aromatic heterocycles. The summed E-state index contributed by atoms with van der Waals surface area (Å²) in [6.45, 7) is 3.11. The average Bonchev–Trinajstić information content (AvgIpc) is 2.95. The van der Waals surface area contributed by atoms with Gasteiger partial charge < -0.3 is 15.4 Å². The lowest BCUT2D eigenvalue weighted by atomic mass is 9.91. The highest BCUT2D eigenvalue weighted by Crippen LogP contribution is 2.35. The van der Waals surface area contributed by atoms with Crippen molar-refractivity contribution < 1.29 is 5.11 Å². The number of H-pyrrole nitrogens is 1. The number of phenols is 1. The molecule has 0 radical (unpaired) electrons. The van der Waals surface area contributed by atoms with Gasteiger partial charge in [0.05, 0.1) is 0 Å². The van der Waals surface area contributed by atoms with Crippen LogP contribution >= 0.6 is 0 Å². The molecule has 1 heterocycles. The standard InChI is InChI=1S/C21H24N2O/c1-14-5-10-19-18(13-14)17-3-2-4-20(21(17)23-19)22-12-11-15-6-8-16(24)9-7-15/h5-10,13,20,22-24H,2-4,11-12H2,1H3. The zero-order chi connectivity index (χ0) is 16.5. The van der Waals surface area contributed by atoms with Crippen LogP contribution < -0.4 is 5.32 Å². The number of aromatic amines is 1. The van der Waals surface area contributed by atoms with Gasteiger partial charge in [-0.05, 0) is 74.5 Å². The van der Waals surface area contributed by atoms with Crippen molar-refractivity contribution in [2.75, 3.05) is 6.54 Å². The molecule has 0 fully saturated rings. The number of aromatic hydroxyl groups is 1. The van der Waals surface area contributed by atoms with Gasteiger partial charge in [0.1, 0.15) is 5.75 Å². The van der Waals surface area contributed by atoms with E-state index >= 15 is 0 Å². The van der Waals surface area contributed by atoms with Gasteiger partial charge in [0.2, 0.25) is 0 Å². The van der Waals surface area contributed by atoms with Crippen LogP contribution in [-0.2, 0) is 12.8 Å². The van der Waals surface area contributed by atoms with E-state index in [-0.39, 0.29) is 0 Å². The Morgan fingerprint density at radius 2 is 2.00 bits per heavy atom. The van der Waals surface area contributed by atoms with Crippen molar-refractivity contribution in [1.82, 2.24) is 10.3 Å². The van der Waals surface area contributed by atoms with E-state index in [9.17, 15) is 5.11 Å². The maximum Gasteiger partial charge on any atom is 0.115 e. The number of nitrogens with one attached hydrogen (secondary N) is 2. The summed E-state index contributed by atoms with van der Waals surface area (Å²) in [6.07, 6.45) is 4.58. The second-order valence-corrected chi connectivity index (χ2v) is 6.88. The van der Waals surface area contributed by atoms with Gasteiger partial charge in [0, 0.05) is 22.6 Å². The highest BCUT2D eigenvalue weighted by atomic mass is 16.3. The van der Waals surface area contributed by atoms with Crippen molar-refractivity contribution in [2.24, 2.45) is 0 Å². The predicted octanol–water partition coefficient (Wildman–Crippen LogP) is 4.39. The number of aryl methyl sites for hydroxylation is 2. The summed E-state index contributed by atoms with van der Waals surface area (Å²) in [4.78, 5) is 3.65. The van der Waals surface area contributed by atoms with E-state index < -0.39 is 0 Å². The van der Waals surface area contributed by atoms with Gasteiger partial charge in [-0.25, -0.2) is 0 Å². The SMILES string of the molecule is Cc1ccc2[nH]c3c(c2c1)CCCC3NCCc1ccc(O)cc1. The molecule has 1 atom stereocenters. The van der Waals surface area contributed by atoms with Crippen LogP contribution in [0.3, 0.4) is 0 Å². The van der Waals surface area contributed by atoms with Crippen LogP contribution in [0.5, 0.6) is 5.75 Å². The quantitative estimate of drug-likeness (QED) is 0.667. The third-order valence-electron chi connectivity index (χ3n) is 5.10. The fraction of sp³-hybridized carbons (Fsp3) is 0.333.